The smallest absolute Gasteiger partial charge is 0.157 e. The van der Waals surface area contributed by atoms with Gasteiger partial charge in [0.1, 0.15) is 0 Å². The molecule has 1 rings (SSSR count). The molecule has 2 unspecified atom stereocenters. The van der Waals surface area contributed by atoms with E-state index in [9.17, 15) is 0 Å². The van der Waals surface area contributed by atoms with Gasteiger partial charge in [-0.15, -0.1) is 0 Å². The Bertz CT molecular complexity index is 381. The highest BCUT2D eigenvalue weighted by atomic mass is 32.2. The third-order valence-electron chi connectivity index (χ3n) is 2.84. The van der Waals surface area contributed by atoms with Crippen molar-refractivity contribution in [3.05, 3.63) is 0 Å². The Balaban J connectivity index is 2.37. The molecule has 2 atom stereocenters. The summed E-state index contributed by atoms with van der Waals surface area (Å²) < 4.78 is 0. The zero-order chi connectivity index (χ0) is 13.7. The second-order valence-corrected chi connectivity index (χ2v) is 6.52. The Morgan fingerprint density at radius 2 is 1.61 bits per heavy atom. The number of rotatable bonds is 3. The van der Waals surface area contributed by atoms with Gasteiger partial charge in [-0.05, 0) is 55.1 Å². The lowest BCUT2D eigenvalue weighted by Crippen LogP contribution is -2.14. The first-order valence-corrected chi connectivity index (χ1v) is 7.21. The zero-order valence-corrected chi connectivity index (χ0v) is 11.6. The van der Waals surface area contributed by atoms with Crippen molar-refractivity contribution in [3.8, 4) is 0 Å². The van der Waals surface area contributed by atoms with Crippen molar-refractivity contribution in [2.75, 3.05) is 0 Å². The highest BCUT2D eigenvalue weighted by molar-refractivity contribution is 8.26. The summed E-state index contributed by atoms with van der Waals surface area (Å²) in [5.74, 6) is 0.543. The van der Waals surface area contributed by atoms with Crippen LogP contribution in [0, 0.1) is 33.5 Å². The third-order valence-corrected chi connectivity index (χ3v) is 4.25. The van der Waals surface area contributed by atoms with Crippen molar-refractivity contribution in [2.45, 2.75) is 25.7 Å². The van der Waals surface area contributed by atoms with Gasteiger partial charge < -0.3 is 11.5 Å². The molecular weight excluding hydrogens is 268 g/mol. The second kappa shape index (κ2) is 6.79. The van der Waals surface area contributed by atoms with Crippen LogP contribution in [-0.2, 0) is 0 Å². The maximum atomic E-state index is 7.83. The van der Waals surface area contributed by atoms with Gasteiger partial charge >= 0.3 is 0 Å². The molecule has 0 heterocycles. The van der Waals surface area contributed by atoms with Gasteiger partial charge in [-0.3, -0.25) is 21.6 Å². The SMILES string of the molecule is N=C(N)SC(=N)CC1CCC(C(=N)SC(=N)N)C1. The summed E-state index contributed by atoms with van der Waals surface area (Å²) in [4.78, 5) is 0. The van der Waals surface area contributed by atoms with Gasteiger partial charge in [0.2, 0.25) is 0 Å². The molecule has 0 bridgehead atoms. The van der Waals surface area contributed by atoms with E-state index in [2.05, 4.69) is 0 Å². The van der Waals surface area contributed by atoms with Crippen LogP contribution in [0.4, 0.5) is 0 Å². The fourth-order valence-electron chi connectivity index (χ4n) is 2.14. The summed E-state index contributed by atoms with van der Waals surface area (Å²) in [6.45, 7) is 0. The Morgan fingerprint density at radius 1 is 1.00 bits per heavy atom. The predicted octanol–water partition coefficient (Wildman–Crippen LogP) is 2.00. The number of nitrogens with one attached hydrogen (secondary N) is 4. The molecule has 8 N–H and O–H groups in total. The lowest BCUT2D eigenvalue weighted by atomic mass is 10.0. The first-order chi connectivity index (χ1) is 8.38. The fraction of sp³-hybridized carbons (Fsp3) is 0.600. The molecule has 1 fully saturated rings. The maximum Gasteiger partial charge on any atom is 0.157 e. The normalized spacial score (nSPS) is 22.7. The lowest BCUT2D eigenvalue weighted by Gasteiger charge is -2.12. The Labute approximate surface area is 115 Å². The number of amidine groups is 2. The minimum Gasteiger partial charge on any atom is -0.378 e. The van der Waals surface area contributed by atoms with Crippen LogP contribution in [0.5, 0.6) is 0 Å². The molecule has 6 nitrogen and oxygen atoms in total. The number of hydrogen-bond acceptors (Lipinski definition) is 6. The molecule has 0 amide bonds. The van der Waals surface area contributed by atoms with Crippen LogP contribution in [0.1, 0.15) is 25.7 Å². The van der Waals surface area contributed by atoms with Gasteiger partial charge in [-0.2, -0.15) is 0 Å². The van der Waals surface area contributed by atoms with Crippen LogP contribution in [0.2, 0.25) is 0 Å². The van der Waals surface area contributed by atoms with Crippen molar-refractivity contribution in [3.63, 3.8) is 0 Å². The zero-order valence-electron chi connectivity index (χ0n) is 9.95. The van der Waals surface area contributed by atoms with Gasteiger partial charge in [0.05, 0.1) is 10.1 Å². The van der Waals surface area contributed by atoms with E-state index in [1.165, 1.54) is 0 Å². The van der Waals surface area contributed by atoms with E-state index < -0.39 is 0 Å². The van der Waals surface area contributed by atoms with Crippen LogP contribution in [0.15, 0.2) is 0 Å². The molecule has 0 aliphatic heterocycles. The van der Waals surface area contributed by atoms with Crippen molar-refractivity contribution in [2.24, 2.45) is 23.3 Å². The van der Waals surface area contributed by atoms with Crippen molar-refractivity contribution < 1.29 is 0 Å². The van der Waals surface area contributed by atoms with E-state index in [0.29, 0.717) is 22.4 Å². The molecule has 0 aromatic carbocycles. The fourth-order valence-corrected chi connectivity index (χ4v) is 3.34. The number of thioether (sulfide) groups is 2. The van der Waals surface area contributed by atoms with E-state index in [0.717, 1.165) is 42.8 Å². The second-order valence-electron chi connectivity index (χ2n) is 4.30. The van der Waals surface area contributed by atoms with E-state index in [4.69, 9.17) is 33.1 Å². The molecule has 8 heteroatoms. The molecule has 0 radical (unpaired) electrons. The molecule has 1 aliphatic carbocycles. The molecule has 1 aliphatic rings. The van der Waals surface area contributed by atoms with E-state index in [1.807, 2.05) is 0 Å². The Morgan fingerprint density at radius 3 is 2.17 bits per heavy atom. The summed E-state index contributed by atoms with van der Waals surface area (Å²) in [5.41, 5.74) is 10.5. The Kier molecular flexibility index (Phi) is 5.67. The predicted molar refractivity (Wildman–Crippen MR) is 79.9 cm³/mol. The van der Waals surface area contributed by atoms with Gasteiger partial charge in [0.15, 0.2) is 10.3 Å². The van der Waals surface area contributed by atoms with Crippen LogP contribution >= 0.6 is 23.5 Å². The largest absolute Gasteiger partial charge is 0.378 e. The molecule has 0 saturated heterocycles. The molecule has 0 aromatic rings. The molecule has 18 heavy (non-hydrogen) atoms. The summed E-state index contributed by atoms with van der Waals surface area (Å²) in [7, 11) is 0. The molecular formula is C10H18N6S2. The maximum absolute atomic E-state index is 7.83. The molecule has 100 valence electrons. The van der Waals surface area contributed by atoms with E-state index in [-0.39, 0.29) is 16.3 Å². The average molecular weight is 286 g/mol. The number of hydrogen-bond donors (Lipinski definition) is 6. The molecule has 1 saturated carbocycles. The van der Waals surface area contributed by atoms with Gasteiger partial charge in [-0.25, -0.2) is 0 Å². The van der Waals surface area contributed by atoms with Crippen molar-refractivity contribution >= 4 is 43.9 Å². The van der Waals surface area contributed by atoms with Gasteiger partial charge in [-0.1, -0.05) is 0 Å². The van der Waals surface area contributed by atoms with Gasteiger partial charge in [0.25, 0.3) is 0 Å². The van der Waals surface area contributed by atoms with Crippen molar-refractivity contribution in [1.29, 1.82) is 21.6 Å². The van der Waals surface area contributed by atoms with E-state index >= 15 is 0 Å². The summed E-state index contributed by atoms with van der Waals surface area (Å²) in [5, 5.41) is 30.6. The first-order valence-electron chi connectivity index (χ1n) is 5.58. The minimum absolute atomic E-state index is 0.0386. The standard InChI is InChI=1S/C10H18N6S2/c11-7(17-9(13)14)4-5-1-2-6(3-5)8(12)18-10(15)16/h5-6,11-12H,1-4H2,(H3,13,14)(H3,15,16). The summed E-state index contributed by atoms with van der Waals surface area (Å²) in [6.07, 6.45) is 3.38. The van der Waals surface area contributed by atoms with Crippen LogP contribution in [0.3, 0.4) is 0 Å². The summed E-state index contributed by atoms with van der Waals surface area (Å²) >= 11 is 2.01. The van der Waals surface area contributed by atoms with E-state index in [1.54, 1.807) is 0 Å². The van der Waals surface area contributed by atoms with Gasteiger partial charge in [0, 0.05) is 5.92 Å². The highest BCUT2D eigenvalue weighted by Crippen LogP contribution is 2.36. The van der Waals surface area contributed by atoms with Crippen LogP contribution in [0.25, 0.3) is 0 Å². The summed E-state index contributed by atoms with van der Waals surface area (Å²) in [6, 6.07) is 0. The first kappa shape index (κ1) is 15.0. The highest BCUT2D eigenvalue weighted by Gasteiger charge is 2.29. The molecule has 0 spiro atoms. The third kappa shape index (κ3) is 5.09. The monoisotopic (exact) mass is 286 g/mol. The minimum atomic E-state index is -0.0468. The average Bonchev–Trinajstić information content (AvgIpc) is 2.63. The quantitative estimate of drug-likeness (QED) is 0.347. The molecule has 0 aromatic heterocycles. The lowest BCUT2D eigenvalue weighted by molar-refractivity contribution is 0.563. The van der Waals surface area contributed by atoms with Crippen LogP contribution < -0.4 is 11.5 Å². The Hall–Kier alpha value is -1.02. The van der Waals surface area contributed by atoms with Crippen molar-refractivity contribution in [1.82, 2.24) is 0 Å². The number of nitrogens with two attached hydrogens (primary N) is 2. The topological polar surface area (TPSA) is 147 Å². The van der Waals surface area contributed by atoms with Crippen LogP contribution in [-0.4, -0.2) is 20.4 Å².